The van der Waals surface area contributed by atoms with Crippen molar-refractivity contribution in [3.05, 3.63) is 10.0 Å². The lowest BCUT2D eigenvalue weighted by molar-refractivity contribution is 0.631. The fourth-order valence-electron chi connectivity index (χ4n) is 1.30. The van der Waals surface area contributed by atoms with Crippen LogP contribution in [-0.2, 0) is 0 Å². The smallest absolute Gasteiger partial charge is 0.134 e. The summed E-state index contributed by atoms with van der Waals surface area (Å²) >= 11 is 1.73. The van der Waals surface area contributed by atoms with Crippen LogP contribution in [0.4, 0.5) is 0 Å². The highest BCUT2D eigenvalue weighted by atomic mass is 32.1. The van der Waals surface area contributed by atoms with Crippen molar-refractivity contribution in [1.82, 2.24) is 15.5 Å². The van der Waals surface area contributed by atoms with Gasteiger partial charge in [0.1, 0.15) is 10.0 Å². The van der Waals surface area contributed by atoms with Gasteiger partial charge in [-0.25, -0.2) is 0 Å². The Morgan fingerprint density at radius 2 is 1.93 bits per heavy atom. The van der Waals surface area contributed by atoms with Crippen molar-refractivity contribution in [2.75, 3.05) is 7.05 Å². The highest BCUT2D eigenvalue weighted by Gasteiger charge is 2.13. The molecule has 2 unspecified atom stereocenters. The Labute approximate surface area is 89.9 Å². The van der Waals surface area contributed by atoms with Crippen molar-refractivity contribution in [2.24, 2.45) is 0 Å². The third-order valence-electron chi connectivity index (χ3n) is 2.40. The van der Waals surface area contributed by atoms with Crippen molar-refractivity contribution in [3.8, 4) is 0 Å². The van der Waals surface area contributed by atoms with Gasteiger partial charge in [-0.3, -0.25) is 0 Å². The second kappa shape index (κ2) is 5.41. The first-order valence-corrected chi connectivity index (χ1v) is 6.01. The maximum Gasteiger partial charge on any atom is 0.134 e. The highest BCUT2D eigenvalue weighted by molar-refractivity contribution is 7.11. The van der Waals surface area contributed by atoms with E-state index in [1.807, 2.05) is 7.05 Å². The van der Waals surface area contributed by atoms with Crippen molar-refractivity contribution in [3.63, 3.8) is 0 Å². The van der Waals surface area contributed by atoms with E-state index in [0.29, 0.717) is 12.0 Å². The molecule has 2 atom stereocenters. The van der Waals surface area contributed by atoms with Crippen LogP contribution in [0, 0.1) is 0 Å². The Hall–Kier alpha value is -0.480. The zero-order valence-electron chi connectivity index (χ0n) is 9.37. The summed E-state index contributed by atoms with van der Waals surface area (Å²) < 4.78 is 0. The molecule has 3 nitrogen and oxygen atoms in total. The van der Waals surface area contributed by atoms with Crippen LogP contribution in [0.2, 0.25) is 0 Å². The second-order valence-electron chi connectivity index (χ2n) is 3.68. The average molecular weight is 213 g/mol. The maximum absolute atomic E-state index is 4.23. The molecule has 0 aliphatic rings. The zero-order valence-corrected chi connectivity index (χ0v) is 10.2. The molecule has 4 heteroatoms. The monoisotopic (exact) mass is 213 g/mol. The molecule has 0 radical (unpaired) electrons. The van der Waals surface area contributed by atoms with Crippen LogP contribution in [0.1, 0.15) is 55.6 Å². The summed E-state index contributed by atoms with van der Waals surface area (Å²) in [5.41, 5.74) is 0. The highest BCUT2D eigenvalue weighted by Crippen LogP contribution is 2.26. The van der Waals surface area contributed by atoms with Gasteiger partial charge in [-0.15, -0.1) is 10.2 Å². The summed E-state index contributed by atoms with van der Waals surface area (Å²) in [4.78, 5) is 0. The van der Waals surface area contributed by atoms with Crippen molar-refractivity contribution in [1.29, 1.82) is 0 Å². The van der Waals surface area contributed by atoms with Gasteiger partial charge in [0, 0.05) is 5.92 Å². The molecule has 0 spiro atoms. The third kappa shape index (κ3) is 2.75. The predicted octanol–water partition coefficient (Wildman–Crippen LogP) is 2.72. The summed E-state index contributed by atoms with van der Waals surface area (Å²) in [6.45, 7) is 6.53. The van der Waals surface area contributed by atoms with Gasteiger partial charge in [0.2, 0.25) is 0 Å². The molecule has 1 N–H and O–H groups in total. The molecule has 0 saturated carbocycles. The Kier molecular flexibility index (Phi) is 4.48. The van der Waals surface area contributed by atoms with Gasteiger partial charge in [-0.05, 0) is 20.4 Å². The largest absolute Gasteiger partial charge is 0.311 e. The lowest BCUT2D eigenvalue weighted by Crippen LogP contribution is -2.11. The summed E-state index contributed by atoms with van der Waals surface area (Å²) in [7, 11) is 1.95. The number of hydrogen-bond acceptors (Lipinski definition) is 4. The van der Waals surface area contributed by atoms with E-state index < -0.39 is 0 Å². The molecule has 1 aromatic heterocycles. The molecular formula is C10H19N3S. The summed E-state index contributed by atoms with van der Waals surface area (Å²) in [5.74, 6) is 0.551. The molecule has 0 fully saturated rings. The minimum Gasteiger partial charge on any atom is -0.311 e. The standard InChI is InChI=1S/C10H19N3S/c1-5-6-7(2)9-12-13-10(14-9)8(3)11-4/h7-8,11H,5-6H2,1-4H3. The van der Waals surface area contributed by atoms with E-state index in [-0.39, 0.29) is 0 Å². The zero-order chi connectivity index (χ0) is 10.6. The molecule has 0 aliphatic heterocycles. The number of nitrogens with one attached hydrogen (secondary N) is 1. The van der Waals surface area contributed by atoms with Gasteiger partial charge in [-0.2, -0.15) is 0 Å². The van der Waals surface area contributed by atoms with Crippen molar-refractivity contribution < 1.29 is 0 Å². The van der Waals surface area contributed by atoms with Crippen LogP contribution in [-0.4, -0.2) is 17.2 Å². The predicted molar refractivity (Wildman–Crippen MR) is 60.7 cm³/mol. The quantitative estimate of drug-likeness (QED) is 0.817. The van der Waals surface area contributed by atoms with Gasteiger partial charge in [0.25, 0.3) is 0 Å². The lowest BCUT2D eigenvalue weighted by Gasteiger charge is -2.05. The van der Waals surface area contributed by atoms with E-state index in [1.165, 1.54) is 17.8 Å². The SMILES string of the molecule is CCCC(C)c1nnc(C(C)NC)s1. The number of nitrogens with zero attached hydrogens (tertiary/aromatic N) is 2. The molecule has 0 bridgehead atoms. The molecule has 1 heterocycles. The Bertz CT molecular complexity index is 272. The van der Waals surface area contributed by atoms with E-state index in [9.17, 15) is 0 Å². The van der Waals surface area contributed by atoms with Gasteiger partial charge in [0.15, 0.2) is 0 Å². The molecule has 80 valence electrons. The third-order valence-corrected chi connectivity index (χ3v) is 3.74. The van der Waals surface area contributed by atoms with E-state index in [4.69, 9.17) is 0 Å². The Morgan fingerprint density at radius 3 is 2.50 bits per heavy atom. The molecule has 0 saturated heterocycles. The fraction of sp³-hybridized carbons (Fsp3) is 0.800. The van der Waals surface area contributed by atoms with Crippen molar-refractivity contribution >= 4 is 11.3 Å². The molecule has 0 aliphatic carbocycles. The summed E-state index contributed by atoms with van der Waals surface area (Å²) in [5, 5.41) is 13.9. The molecule has 1 rings (SSSR count). The molecule has 0 aromatic carbocycles. The average Bonchev–Trinajstić information content (AvgIpc) is 2.66. The fourth-order valence-corrected chi connectivity index (χ4v) is 2.29. The van der Waals surface area contributed by atoms with E-state index >= 15 is 0 Å². The number of aromatic nitrogens is 2. The molecular weight excluding hydrogens is 194 g/mol. The molecule has 0 amide bonds. The van der Waals surface area contributed by atoms with Gasteiger partial charge < -0.3 is 5.32 Å². The normalized spacial score (nSPS) is 15.4. The summed E-state index contributed by atoms with van der Waals surface area (Å²) in [6.07, 6.45) is 2.40. The molecule has 14 heavy (non-hydrogen) atoms. The first-order valence-electron chi connectivity index (χ1n) is 5.19. The van der Waals surface area contributed by atoms with Crippen LogP contribution >= 0.6 is 11.3 Å². The number of rotatable bonds is 5. The maximum atomic E-state index is 4.23. The molecule has 1 aromatic rings. The van der Waals surface area contributed by atoms with Crippen LogP contribution < -0.4 is 5.32 Å². The minimum atomic E-state index is 0.315. The van der Waals surface area contributed by atoms with E-state index in [0.717, 1.165) is 5.01 Å². The van der Waals surface area contributed by atoms with Crippen LogP contribution in [0.3, 0.4) is 0 Å². The van der Waals surface area contributed by atoms with Crippen LogP contribution in [0.25, 0.3) is 0 Å². The van der Waals surface area contributed by atoms with Crippen LogP contribution in [0.15, 0.2) is 0 Å². The summed E-state index contributed by atoms with van der Waals surface area (Å²) in [6, 6.07) is 0.315. The van der Waals surface area contributed by atoms with Gasteiger partial charge in [0.05, 0.1) is 6.04 Å². The number of hydrogen-bond donors (Lipinski definition) is 1. The first-order chi connectivity index (χ1) is 6.69. The topological polar surface area (TPSA) is 37.8 Å². The van der Waals surface area contributed by atoms with Crippen LogP contribution in [0.5, 0.6) is 0 Å². The first kappa shape index (κ1) is 11.6. The van der Waals surface area contributed by atoms with E-state index in [1.54, 1.807) is 11.3 Å². The van der Waals surface area contributed by atoms with E-state index in [2.05, 4.69) is 36.3 Å². The van der Waals surface area contributed by atoms with Gasteiger partial charge >= 0.3 is 0 Å². The second-order valence-corrected chi connectivity index (χ2v) is 4.72. The lowest BCUT2D eigenvalue weighted by atomic mass is 10.1. The Morgan fingerprint density at radius 1 is 1.29 bits per heavy atom. The minimum absolute atomic E-state index is 0.315. The van der Waals surface area contributed by atoms with Crippen molar-refractivity contribution in [2.45, 2.75) is 45.6 Å². The van der Waals surface area contributed by atoms with Gasteiger partial charge in [-0.1, -0.05) is 31.6 Å². The Balaban J connectivity index is 2.67.